The zero-order valence-corrected chi connectivity index (χ0v) is 15.3. The summed E-state index contributed by atoms with van der Waals surface area (Å²) in [6, 6.07) is 5.64. The van der Waals surface area contributed by atoms with Gasteiger partial charge in [0.1, 0.15) is 10.7 Å². The molecule has 24 heavy (non-hydrogen) atoms. The van der Waals surface area contributed by atoms with Gasteiger partial charge in [0.15, 0.2) is 11.5 Å². The number of unbranched alkanes of at least 4 members (excludes halogenated alkanes) is 1. The lowest BCUT2D eigenvalue weighted by Gasteiger charge is -2.02. The third-order valence-electron chi connectivity index (χ3n) is 3.27. The molecule has 0 unspecified atom stereocenters. The van der Waals surface area contributed by atoms with Gasteiger partial charge in [0.25, 0.3) is 5.91 Å². The minimum atomic E-state index is -0.153. The summed E-state index contributed by atoms with van der Waals surface area (Å²) in [4.78, 5) is 16.4. The number of halogens is 2. The fourth-order valence-corrected chi connectivity index (χ4v) is 2.90. The number of aromatic nitrogens is 1. The normalized spacial score (nSPS) is 11.4. The van der Waals surface area contributed by atoms with E-state index in [0.717, 1.165) is 29.2 Å². The van der Waals surface area contributed by atoms with Crippen LogP contribution >= 0.6 is 36.2 Å². The molecule has 1 aliphatic heterocycles. The quantitative estimate of drug-likeness (QED) is 0.739. The van der Waals surface area contributed by atoms with Crippen molar-refractivity contribution in [1.82, 2.24) is 10.3 Å². The average Bonchev–Trinajstić information content (AvgIpc) is 3.19. The summed E-state index contributed by atoms with van der Waals surface area (Å²) >= 11 is 1.43. The minimum Gasteiger partial charge on any atom is -0.454 e. The Labute approximate surface area is 156 Å². The molecular weight excluding hydrogens is 373 g/mol. The Kier molecular flexibility index (Phi) is 8.27. The number of nitrogens with zero attached hydrogens (tertiary/aromatic N) is 1. The van der Waals surface area contributed by atoms with Crippen LogP contribution < -0.4 is 20.5 Å². The van der Waals surface area contributed by atoms with Crippen LogP contribution in [0.2, 0.25) is 0 Å². The second kappa shape index (κ2) is 9.68. The first-order chi connectivity index (χ1) is 10.8. The van der Waals surface area contributed by atoms with Gasteiger partial charge in [-0.3, -0.25) is 4.79 Å². The molecule has 0 saturated carbocycles. The van der Waals surface area contributed by atoms with Gasteiger partial charge in [-0.05, 0) is 37.6 Å². The number of thiazole rings is 1. The number of hydrogen-bond donors (Lipinski definition) is 2. The first-order valence-corrected chi connectivity index (χ1v) is 7.99. The number of ether oxygens (including phenoxy) is 2. The smallest absolute Gasteiger partial charge is 0.270 e. The van der Waals surface area contributed by atoms with Crippen molar-refractivity contribution in [3.05, 3.63) is 29.3 Å². The van der Waals surface area contributed by atoms with Gasteiger partial charge in [0.05, 0.1) is 0 Å². The van der Waals surface area contributed by atoms with E-state index in [4.69, 9.17) is 15.2 Å². The number of carbonyl (C=O) groups excluding carboxylic acids is 1. The summed E-state index contributed by atoms with van der Waals surface area (Å²) in [5.74, 6) is 1.29. The Balaban J connectivity index is 0.00000144. The molecule has 3 rings (SSSR count). The molecule has 1 aromatic heterocycles. The van der Waals surface area contributed by atoms with Crippen LogP contribution in [0.15, 0.2) is 23.6 Å². The van der Waals surface area contributed by atoms with E-state index < -0.39 is 0 Å². The molecular formula is C15H19Cl2N3O3S. The topological polar surface area (TPSA) is 86.5 Å². The molecule has 0 radical (unpaired) electrons. The highest BCUT2D eigenvalue weighted by Gasteiger charge is 2.16. The van der Waals surface area contributed by atoms with Crippen LogP contribution in [0.3, 0.4) is 0 Å². The predicted molar refractivity (Wildman–Crippen MR) is 98.8 cm³/mol. The summed E-state index contributed by atoms with van der Waals surface area (Å²) in [6.07, 6.45) is 1.78. The number of fused-ring (bicyclic) bond motifs is 1. The van der Waals surface area contributed by atoms with Crippen LogP contribution in [0.1, 0.15) is 23.3 Å². The van der Waals surface area contributed by atoms with Crippen molar-refractivity contribution in [3.63, 3.8) is 0 Å². The predicted octanol–water partition coefficient (Wildman–Crippen LogP) is 2.85. The van der Waals surface area contributed by atoms with Crippen LogP contribution in [0.25, 0.3) is 10.6 Å². The minimum absolute atomic E-state index is 0. The van der Waals surface area contributed by atoms with Crippen LogP contribution in [0.4, 0.5) is 0 Å². The maximum absolute atomic E-state index is 12.0. The summed E-state index contributed by atoms with van der Waals surface area (Å²) in [5, 5.41) is 5.39. The lowest BCUT2D eigenvalue weighted by Crippen LogP contribution is -2.25. The van der Waals surface area contributed by atoms with Gasteiger partial charge in [-0.25, -0.2) is 4.98 Å². The van der Waals surface area contributed by atoms with Gasteiger partial charge in [0.2, 0.25) is 6.79 Å². The first kappa shape index (κ1) is 20.5. The number of benzene rings is 1. The molecule has 0 fully saturated rings. The van der Waals surface area contributed by atoms with E-state index in [0.29, 0.717) is 24.5 Å². The Hall–Kier alpha value is -1.54. The summed E-state index contributed by atoms with van der Waals surface area (Å²) in [6.45, 7) is 1.50. The molecule has 132 valence electrons. The number of hydrogen-bond acceptors (Lipinski definition) is 6. The van der Waals surface area contributed by atoms with Gasteiger partial charge in [-0.1, -0.05) is 0 Å². The van der Waals surface area contributed by atoms with Gasteiger partial charge in [-0.2, -0.15) is 0 Å². The van der Waals surface area contributed by atoms with Crippen molar-refractivity contribution in [2.24, 2.45) is 5.73 Å². The Morgan fingerprint density at radius 2 is 2.04 bits per heavy atom. The summed E-state index contributed by atoms with van der Waals surface area (Å²) in [7, 11) is 0. The van der Waals surface area contributed by atoms with Crippen molar-refractivity contribution >= 4 is 42.1 Å². The molecule has 1 aromatic carbocycles. The van der Waals surface area contributed by atoms with Crippen LogP contribution in [-0.2, 0) is 0 Å². The molecule has 1 aliphatic rings. The molecule has 3 N–H and O–H groups in total. The highest BCUT2D eigenvalue weighted by molar-refractivity contribution is 7.13. The van der Waals surface area contributed by atoms with Crippen molar-refractivity contribution in [3.8, 4) is 22.1 Å². The van der Waals surface area contributed by atoms with E-state index >= 15 is 0 Å². The first-order valence-electron chi connectivity index (χ1n) is 7.12. The van der Waals surface area contributed by atoms with Crippen LogP contribution in [0, 0.1) is 0 Å². The number of carbonyl (C=O) groups is 1. The monoisotopic (exact) mass is 391 g/mol. The maximum atomic E-state index is 12.0. The molecule has 6 nitrogen and oxygen atoms in total. The molecule has 0 spiro atoms. The molecule has 0 aliphatic carbocycles. The Morgan fingerprint density at radius 3 is 2.83 bits per heavy atom. The van der Waals surface area contributed by atoms with E-state index in [9.17, 15) is 4.79 Å². The number of nitrogens with one attached hydrogen (secondary N) is 1. The lowest BCUT2D eigenvalue weighted by molar-refractivity contribution is 0.0949. The zero-order valence-electron chi connectivity index (χ0n) is 12.8. The van der Waals surface area contributed by atoms with Crippen LogP contribution in [-0.4, -0.2) is 30.8 Å². The molecule has 1 amide bonds. The van der Waals surface area contributed by atoms with Crippen molar-refractivity contribution in [2.75, 3.05) is 19.9 Å². The third kappa shape index (κ3) is 4.73. The average molecular weight is 392 g/mol. The highest BCUT2D eigenvalue weighted by atomic mass is 35.5. The van der Waals surface area contributed by atoms with Gasteiger partial charge in [-0.15, -0.1) is 36.2 Å². The highest BCUT2D eigenvalue weighted by Crippen LogP contribution is 2.36. The number of nitrogens with two attached hydrogens (primary N) is 1. The van der Waals surface area contributed by atoms with E-state index in [1.807, 2.05) is 18.2 Å². The fraction of sp³-hybridized carbons (Fsp3) is 0.333. The standard InChI is InChI=1S/C15H17N3O3S.2ClH/c16-5-1-2-6-17-14(19)11-8-22-15(18-11)10-3-4-12-13(7-10)21-9-20-12;;/h3-4,7-8H,1-2,5-6,9,16H2,(H,17,19);2*1H. The Bertz CT molecular complexity index is 682. The SMILES string of the molecule is Cl.Cl.NCCCCNC(=O)c1csc(-c2ccc3c(c2)OCO3)n1. The molecule has 0 atom stereocenters. The number of rotatable bonds is 6. The number of amides is 1. The second-order valence-corrected chi connectivity index (χ2v) is 5.72. The summed E-state index contributed by atoms with van der Waals surface area (Å²) < 4.78 is 10.6. The van der Waals surface area contributed by atoms with E-state index in [1.165, 1.54) is 11.3 Å². The molecule has 0 saturated heterocycles. The van der Waals surface area contributed by atoms with Gasteiger partial charge < -0.3 is 20.5 Å². The van der Waals surface area contributed by atoms with Crippen LogP contribution in [0.5, 0.6) is 11.5 Å². The summed E-state index contributed by atoms with van der Waals surface area (Å²) in [5.41, 5.74) is 6.77. The fourth-order valence-electron chi connectivity index (χ4n) is 2.10. The van der Waals surface area contributed by atoms with Crippen molar-refractivity contribution in [2.45, 2.75) is 12.8 Å². The second-order valence-electron chi connectivity index (χ2n) is 4.86. The van der Waals surface area contributed by atoms with E-state index in [1.54, 1.807) is 5.38 Å². The lowest BCUT2D eigenvalue weighted by atomic mass is 10.2. The van der Waals surface area contributed by atoms with E-state index in [-0.39, 0.29) is 37.5 Å². The molecule has 2 aromatic rings. The Morgan fingerprint density at radius 1 is 1.25 bits per heavy atom. The van der Waals surface area contributed by atoms with Crippen molar-refractivity contribution < 1.29 is 14.3 Å². The zero-order chi connectivity index (χ0) is 15.4. The largest absolute Gasteiger partial charge is 0.454 e. The van der Waals surface area contributed by atoms with Gasteiger partial charge in [0, 0.05) is 17.5 Å². The third-order valence-corrected chi connectivity index (χ3v) is 4.16. The molecule has 9 heteroatoms. The maximum Gasteiger partial charge on any atom is 0.270 e. The van der Waals surface area contributed by atoms with Crippen molar-refractivity contribution in [1.29, 1.82) is 0 Å². The molecule has 0 bridgehead atoms. The van der Waals surface area contributed by atoms with E-state index in [2.05, 4.69) is 10.3 Å². The molecule has 2 heterocycles. The van der Waals surface area contributed by atoms with Gasteiger partial charge >= 0.3 is 0 Å².